The van der Waals surface area contributed by atoms with Crippen LogP contribution in [0.1, 0.15) is 26.1 Å². The molecule has 6 nitrogen and oxygen atoms in total. The number of ether oxygens (including phenoxy) is 2. The van der Waals surface area contributed by atoms with E-state index in [0.717, 1.165) is 25.3 Å². The number of anilines is 1. The van der Waals surface area contributed by atoms with E-state index in [9.17, 15) is 0 Å². The van der Waals surface area contributed by atoms with Gasteiger partial charge in [-0.05, 0) is 33.0 Å². The number of methoxy groups -OCH3 is 1. The Kier molecular flexibility index (Phi) is 8.00. The number of aromatic nitrogens is 2. The van der Waals surface area contributed by atoms with Crippen molar-refractivity contribution in [2.75, 3.05) is 46.2 Å². The highest BCUT2D eigenvalue weighted by molar-refractivity contribution is 5.38. The molecule has 120 valence electrons. The molecule has 0 saturated carbocycles. The van der Waals surface area contributed by atoms with E-state index in [2.05, 4.69) is 48.1 Å². The minimum absolute atomic E-state index is 0.380. The number of hydrogen-bond donors (Lipinski definition) is 1. The van der Waals surface area contributed by atoms with E-state index in [0.29, 0.717) is 30.8 Å². The van der Waals surface area contributed by atoms with Crippen LogP contribution < -0.4 is 10.1 Å². The molecule has 1 aromatic heterocycles. The predicted octanol–water partition coefficient (Wildman–Crippen LogP) is 2.02. The SMILES string of the molecule is COCc1nc(NCCCN(C)C)cc(OCC(C)C)n1. The van der Waals surface area contributed by atoms with Crippen molar-refractivity contribution in [3.05, 3.63) is 11.9 Å². The smallest absolute Gasteiger partial charge is 0.218 e. The molecule has 6 heteroatoms. The largest absolute Gasteiger partial charge is 0.477 e. The van der Waals surface area contributed by atoms with Gasteiger partial charge < -0.3 is 19.7 Å². The monoisotopic (exact) mass is 296 g/mol. The second-order valence-electron chi connectivity index (χ2n) is 5.73. The molecule has 0 amide bonds. The van der Waals surface area contributed by atoms with Gasteiger partial charge >= 0.3 is 0 Å². The predicted molar refractivity (Wildman–Crippen MR) is 84.7 cm³/mol. The zero-order valence-corrected chi connectivity index (χ0v) is 13.8. The molecule has 0 radical (unpaired) electrons. The minimum Gasteiger partial charge on any atom is -0.477 e. The summed E-state index contributed by atoms with van der Waals surface area (Å²) in [6.07, 6.45) is 1.05. The molecule has 0 aliphatic carbocycles. The molecule has 0 spiro atoms. The van der Waals surface area contributed by atoms with Crippen LogP contribution in [0.15, 0.2) is 6.07 Å². The van der Waals surface area contributed by atoms with Gasteiger partial charge in [0, 0.05) is 19.7 Å². The molecule has 0 bridgehead atoms. The summed E-state index contributed by atoms with van der Waals surface area (Å²) in [4.78, 5) is 10.9. The quantitative estimate of drug-likeness (QED) is 0.667. The second kappa shape index (κ2) is 9.52. The first-order valence-electron chi connectivity index (χ1n) is 7.39. The maximum Gasteiger partial charge on any atom is 0.218 e. The van der Waals surface area contributed by atoms with Crippen molar-refractivity contribution < 1.29 is 9.47 Å². The average Bonchev–Trinajstić information content (AvgIpc) is 2.41. The van der Waals surface area contributed by atoms with Crippen LogP contribution in [0.4, 0.5) is 5.82 Å². The molecule has 0 fully saturated rings. The molecular formula is C15H28N4O2. The van der Waals surface area contributed by atoms with Crippen molar-refractivity contribution in [1.29, 1.82) is 0 Å². The lowest BCUT2D eigenvalue weighted by molar-refractivity contribution is 0.175. The standard InChI is InChI=1S/C15H28N4O2/c1-12(2)10-21-15-9-13(16-7-6-8-19(3)4)17-14(18-15)11-20-5/h9,12H,6-8,10-11H2,1-5H3,(H,16,17,18). The highest BCUT2D eigenvalue weighted by Gasteiger charge is 2.06. The normalized spacial score (nSPS) is 11.2. The van der Waals surface area contributed by atoms with E-state index >= 15 is 0 Å². The van der Waals surface area contributed by atoms with E-state index in [1.165, 1.54) is 0 Å². The third kappa shape index (κ3) is 7.82. The third-order valence-electron chi connectivity index (χ3n) is 2.68. The molecule has 1 aromatic rings. The van der Waals surface area contributed by atoms with Gasteiger partial charge in [0.1, 0.15) is 12.4 Å². The number of nitrogens with one attached hydrogen (secondary N) is 1. The zero-order valence-electron chi connectivity index (χ0n) is 13.8. The molecule has 21 heavy (non-hydrogen) atoms. The van der Waals surface area contributed by atoms with Crippen LogP contribution in [0.3, 0.4) is 0 Å². The summed E-state index contributed by atoms with van der Waals surface area (Å²) in [5, 5.41) is 3.31. The molecule has 0 aliphatic heterocycles. The molecule has 0 aromatic carbocycles. The van der Waals surface area contributed by atoms with Crippen LogP contribution in [0.2, 0.25) is 0 Å². The lowest BCUT2D eigenvalue weighted by atomic mass is 10.2. The molecule has 1 N–H and O–H groups in total. The Morgan fingerprint density at radius 3 is 2.67 bits per heavy atom. The Hall–Kier alpha value is -1.40. The van der Waals surface area contributed by atoms with Crippen LogP contribution in [0.5, 0.6) is 5.88 Å². The van der Waals surface area contributed by atoms with Crippen molar-refractivity contribution in [1.82, 2.24) is 14.9 Å². The number of hydrogen-bond acceptors (Lipinski definition) is 6. The van der Waals surface area contributed by atoms with Gasteiger partial charge in [-0.15, -0.1) is 0 Å². The van der Waals surface area contributed by atoms with E-state index < -0.39 is 0 Å². The highest BCUT2D eigenvalue weighted by atomic mass is 16.5. The number of rotatable bonds is 10. The molecule has 1 rings (SSSR count). The molecule has 0 unspecified atom stereocenters. The summed E-state index contributed by atoms with van der Waals surface area (Å²) in [6, 6.07) is 1.84. The Bertz CT molecular complexity index is 411. The highest BCUT2D eigenvalue weighted by Crippen LogP contribution is 2.15. The molecular weight excluding hydrogens is 268 g/mol. The summed E-state index contributed by atoms with van der Waals surface area (Å²) in [6.45, 7) is 7.15. The lowest BCUT2D eigenvalue weighted by Gasteiger charge is -2.13. The Labute approximate surface area is 127 Å². The fourth-order valence-electron chi connectivity index (χ4n) is 1.69. The van der Waals surface area contributed by atoms with Gasteiger partial charge in [-0.3, -0.25) is 0 Å². The van der Waals surface area contributed by atoms with Gasteiger partial charge in [0.05, 0.1) is 6.61 Å². The third-order valence-corrected chi connectivity index (χ3v) is 2.68. The summed E-state index contributed by atoms with van der Waals surface area (Å²) in [5.41, 5.74) is 0. The molecule has 0 saturated heterocycles. The average molecular weight is 296 g/mol. The van der Waals surface area contributed by atoms with Gasteiger partial charge in [0.2, 0.25) is 5.88 Å². The lowest BCUT2D eigenvalue weighted by Crippen LogP contribution is -2.17. The van der Waals surface area contributed by atoms with Crippen LogP contribution in [-0.4, -0.2) is 55.8 Å². The first-order valence-corrected chi connectivity index (χ1v) is 7.39. The fraction of sp³-hybridized carbons (Fsp3) is 0.733. The van der Waals surface area contributed by atoms with E-state index in [4.69, 9.17) is 9.47 Å². The summed E-state index contributed by atoms with van der Waals surface area (Å²) < 4.78 is 10.8. The molecule has 1 heterocycles. The Morgan fingerprint density at radius 1 is 1.29 bits per heavy atom. The van der Waals surface area contributed by atoms with Crippen LogP contribution in [0.25, 0.3) is 0 Å². The fourth-order valence-corrected chi connectivity index (χ4v) is 1.69. The number of nitrogens with zero attached hydrogens (tertiary/aromatic N) is 3. The van der Waals surface area contributed by atoms with Crippen molar-refractivity contribution in [3.63, 3.8) is 0 Å². The van der Waals surface area contributed by atoms with Crippen LogP contribution >= 0.6 is 0 Å². The Morgan fingerprint density at radius 2 is 2.05 bits per heavy atom. The van der Waals surface area contributed by atoms with Gasteiger partial charge in [0.25, 0.3) is 0 Å². The van der Waals surface area contributed by atoms with E-state index in [-0.39, 0.29) is 0 Å². The molecule has 0 aliphatic rings. The van der Waals surface area contributed by atoms with Crippen LogP contribution in [-0.2, 0) is 11.3 Å². The summed E-state index contributed by atoms with van der Waals surface area (Å²) in [7, 11) is 5.77. The van der Waals surface area contributed by atoms with Crippen LogP contribution in [0, 0.1) is 5.92 Å². The maximum atomic E-state index is 5.68. The van der Waals surface area contributed by atoms with Gasteiger partial charge in [0.15, 0.2) is 5.82 Å². The zero-order chi connectivity index (χ0) is 15.7. The maximum absolute atomic E-state index is 5.68. The van der Waals surface area contributed by atoms with Gasteiger partial charge in [-0.1, -0.05) is 13.8 Å². The summed E-state index contributed by atoms with van der Waals surface area (Å²) >= 11 is 0. The van der Waals surface area contributed by atoms with E-state index in [1.807, 2.05) is 6.07 Å². The van der Waals surface area contributed by atoms with Crippen molar-refractivity contribution in [2.45, 2.75) is 26.9 Å². The van der Waals surface area contributed by atoms with Crippen molar-refractivity contribution in [3.8, 4) is 5.88 Å². The summed E-state index contributed by atoms with van der Waals surface area (Å²) in [5.74, 6) is 2.48. The topological polar surface area (TPSA) is 59.5 Å². The molecule has 0 atom stereocenters. The van der Waals surface area contributed by atoms with Gasteiger partial charge in [-0.2, -0.15) is 4.98 Å². The second-order valence-corrected chi connectivity index (χ2v) is 5.73. The first-order chi connectivity index (χ1) is 10.0. The van der Waals surface area contributed by atoms with E-state index in [1.54, 1.807) is 7.11 Å². The minimum atomic E-state index is 0.380. The Balaban J connectivity index is 2.63. The van der Waals surface area contributed by atoms with Crippen molar-refractivity contribution in [2.24, 2.45) is 5.92 Å². The van der Waals surface area contributed by atoms with Gasteiger partial charge in [-0.25, -0.2) is 4.98 Å². The van der Waals surface area contributed by atoms with Crippen molar-refractivity contribution >= 4 is 5.82 Å². The first kappa shape index (κ1) is 17.7.